The molecule has 0 bridgehead atoms. The first-order valence-corrected chi connectivity index (χ1v) is 7.79. The van der Waals surface area contributed by atoms with Gasteiger partial charge in [0.2, 0.25) is 0 Å². The second kappa shape index (κ2) is 5.84. The van der Waals surface area contributed by atoms with Crippen molar-refractivity contribution in [1.82, 2.24) is 4.90 Å². The van der Waals surface area contributed by atoms with Crippen LogP contribution in [0.1, 0.15) is 31.4 Å². The molecule has 0 unspecified atom stereocenters. The first kappa shape index (κ1) is 15.2. The van der Waals surface area contributed by atoms with Gasteiger partial charge in [-0.05, 0) is 24.5 Å². The molecule has 0 aromatic heterocycles. The lowest BCUT2D eigenvalue weighted by Gasteiger charge is -2.41. The molecule has 1 heterocycles. The molecule has 0 saturated heterocycles. The summed E-state index contributed by atoms with van der Waals surface area (Å²) in [5, 5.41) is 0. The first-order valence-electron chi connectivity index (χ1n) is 7.79. The third-order valence-corrected chi connectivity index (χ3v) is 4.50. The van der Waals surface area contributed by atoms with Crippen molar-refractivity contribution in [2.75, 3.05) is 0 Å². The number of benzene rings is 2. The number of carbonyl (C=O) groups excluding carboxylic acids is 2. The van der Waals surface area contributed by atoms with Crippen LogP contribution in [0.5, 0.6) is 0 Å². The van der Waals surface area contributed by atoms with Crippen LogP contribution in [-0.4, -0.2) is 16.7 Å². The Hall–Kier alpha value is -2.68. The van der Waals surface area contributed by atoms with E-state index in [4.69, 9.17) is 0 Å². The van der Waals surface area contributed by atoms with E-state index < -0.39 is 5.54 Å². The molecular formula is C20H19NO2. The van der Waals surface area contributed by atoms with E-state index in [9.17, 15) is 9.59 Å². The predicted molar refractivity (Wildman–Crippen MR) is 89.6 cm³/mol. The molecule has 2 amide bonds. The molecule has 2 aromatic carbocycles. The van der Waals surface area contributed by atoms with Crippen molar-refractivity contribution in [3.8, 4) is 0 Å². The van der Waals surface area contributed by atoms with Gasteiger partial charge in [0.1, 0.15) is 5.54 Å². The average Bonchev–Trinajstić information content (AvgIpc) is 2.85. The molecule has 3 rings (SSSR count). The summed E-state index contributed by atoms with van der Waals surface area (Å²) in [6.07, 6.45) is 2.04. The lowest BCUT2D eigenvalue weighted by Crippen LogP contribution is -2.50. The minimum Gasteiger partial charge on any atom is -0.269 e. The van der Waals surface area contributed by atoms with Gasteiger partial charge < -0.3 is 0 Å². The van der Waals surface area contributed by atoms with Crippen molar-refractivity contribution in [2.24, 2.45) is 0 Å². The zero-order valence-electron chi connectivity index (χ0n) is 13.3. The number of amides is 2. The molecule has 1 aliphatic rings. The highest BCUT2D eigenvalue weighted by atomic mass is 16.2. The Bertz CT molecular complexity index is 723. The van der Waals surface area contributed by atoms with Gasteiger partial charge in [-0.1, -0.05) is 67.6 Å². The smallest absolute Gasteiger partial charge is 0.257 e. The molecule has 0 N–H and O–H groups in total. The lowest BCUT2D eigenvalue weighted by atomic mass is 9.79. The van der Waals surface area contributed by atoms with Crippen molar-refractivity contribution in [3.05, 3.63) is 83.4 Å². The molecule has 116 valence electrons. The van der Waals surface area contributed by atoms with Gasteiger partial charge in [0.25, 0.3) is 11.8 Å². The molecule has 23 heavy (non-hydrogen) atoms. The number of hydrogen-bond acceptors (Lipinski definition) is 2. The van der Waals surface area contributed by atoms with Gasteiger partial charge in [0.15, 0.2) is 0 Å². The van der Waals surface area contributed by atoms with Crippen LogP contribution in [0.2, 0.25) is 0 Å². The van der Waals surface area contributed by atoms with Crippen LogP contribution in [-0.2, 0) is 15.1 Å². The monoisotopic (exact) mass is 305 g/mol. The van der Waals surface area contributed by atoms with Gasteiger partial charge in [-0.25, -0.2) is 0 Å². The van der Waals surface area contributed by atoms with E-state index in [1.165, 1.54) is 11.0 Å². The summed E-state index contributed by atoms with van der Waals surface area (Å²) in [4.78, 5) is 26.7. The van der Waals surface area contributed by atoms with Crippen LogP contribution in [0.4, 0.5) is 0 Å². The van der Waals surface area contributed by atoms with Gasteiger partial charge >= 0.3 is 0 Å². The Morgan fingerprint density at radius 2 is 1.35 bits per heavy atom. The van der Waals surface area contributed by atoms with Crippen LogP contribution >= 0.6 is 0 Å². The van der Waals surface area contributed by atoms with Gasteiger partial charge in [0, 0.05) is 11.6 Å². The van der Waals surface area contributed by atoms with Crippen molar-refractivity contribution in [3.63, 3.8) is 0 Å². The molecular weight excluding hydrogens is 286 g/mol. The maximum Gasteiger partial charge on any atom is 0.257 e. The summed E-state index contributed by atoms with van der Waals surface area (Å²) in [6.45, 7) is 3.70. The summed E-state index contributed by atoms with van der Waals surface area (Å²) in [6, 6.07) is 19.5. The van der Waals surface area contributed by atoms with Crippen LogP contribution in [0.25, 0.3) is 0 Å². The van der Waals surface area contributed by atoms with Crippen molar-refractivity contribution in [2.45, 2.75) is 25.8 Å². The third-order valence-electron chi connectivity index (χ3n) is 4.50. The van der Waals surface area contributed by atoms with E-state index >= 15 is 0 Å². The Morgan fingerprint density at radius 1 is 0.870 bits per heavy atom. The quantitative estimate of drug-likeness (QED) is 0.809. The first-order chi connectivity index (χ1) is 11.1. The highest BCUT2D eigenvalue weighted by Crippen LogP contribution is 2.41. The topological polar surface area (TPSA) is 37.4 Å². The molecule has 1 aliphatic heterocycles. The largest absolute Gasteiger partial charge is 0.269 e. The molecule has 2 aromatic rings. The summed E-state index contributed by atoms with van der Waals surface area (Å²) in [7, 11) is 0. The fourth-order valence-corrected chi connectivity index (χ4v) is 3.37. The minimum atomic E-state index is -0.787. The summed E-state index contributed by atoms with van der Waals surface area (Å²) in [5.41, 5.74) is 1.59. The molecule has 0 radical (unpaired) electrons. The summed E-state index contributed by atoms with van der Waals surface area (Å²) < 4.78 is 0. The van der Waals surface area contributed by atoms with Crippen LogP contribution < -0.4 is 0 Å². The van der Waals surface area contributed by atoms with Gasteiger partial charge in [-0.15, -0.1) is 0 Å². The van der Waals surface area contributed by atoms with Gasteiger partial charge in [-0.2, -0.15) is 0 Å². The second-order valence-electron chi connectivity index (χ2n) is 5.75. The van der Waals surface area contributed by atoms with E-state index in [2.05, 4.69) is 0 Å². The zero-order chi connectivity index (χ0) is 16.4. The fraction of sp³-hybridized carbons (Fsp3) is 0.200. The van der Waals surface area contributed by atoms with E-state index in [1.54, 1.807) is 6.92 Å². The summed E-state index contributed by atoms with van der Waals surface area (Å²) in [5.74, 6) is -0.466. The van der Waals surface area contributed by atoms with E-state index in [0.717, 1.165) is 11.1 Å². The van der Waals surface area contributed by atoms with Crippen molar-refractivity contribution in [1.29, 1.82) is 0 Å². The normalized spacial score (nSPS) is 15.0. The highest BCUT2D eigenvalue weighted by molar-refractivity contribution is 6.16. The van der Waals surface area contributed by atoms with Gasteiger partial charge in [-0.3, -0.25) is 14.5 Å². The number of carbonyl (C=O) groups is 2. The predicted octanol–water partition coefficient (Wildman–Crippen LogP) is 3.66. The Morgan fingerprint density at radius 3 is 1.70 bits per heavy atom. The van der Waals surface area contributed by atoms with E-state index in [1.807, 2.05) is 67.6 Å². The molecule has 0 atom stereocenters. The van der Waals surface area contributed by atoms with Crippen LogP contribution in [0, 0.1) is 0 Å². The number of nitrogens with zero attached hydrogens (tertiary/aromatic N) is 1. The second-order valence-corrected chi connectivity index (χ2v) is 5.75. The molecule has 3 heteroatoms. The Kier molecular flexibility index (Phi) is 3.87. The molecule has 0 aliphatic carbocycles. The molecule has 0 saturated carbocycles. The Balaban J connectivity index is 2.27. The van der Waals surface area contributed by atoms with Gasteiger partial charge in [0.05, 0.1) is 0 Å². The standard InChI is InChI=1S/C20H19NO2/c1-3-20(16-10-6-4-7-11-16,17-12-8-5-9-13-17)21-18(22)14-15(2)19(21)23/h4-14H,3H2,1-2H3. The van der Waals surface area contributed by atoms with Crippen molar-refractivity contribution >= 4 is 11.8 Å². The minimum absolute atomic E-state index is 0.218. The van der Waals surface area contributed by atoms with Crippen LogP contribution in [0.3, 0.4) is 0 Å². The average molecular weight is 305 g/mol. The van der Waals surface area contributed by atoms with E-state index in [-0.39, 0.29) is 11.8 Å². The fourth-order valence-electron chi connectivity index (χ4n) is 3.37. The van der Waals surface area contributed by atoms with Crippen LogP contribution in [0.15, 0.2) is 72.3 Å². The number of rotatable bonds is 4. The molecule has 3 nitrogen and oxygen atoms in total. The molecule has 0 fully saturated rings. The highest BCUT2D eigenvalue weighted by Gasteiger charge is 2.47. The maximum absolute atomic E-state index is 12.7. The zero-order valence-corrected chi connectivity index (χ0v) is 13.3. The third kappa shape index (κ3) is 2.29. The lowest BCUT2D eigenvalue weighted by molar-refractivity contribution is -0.143. The Labute approximate surface area is 136 Å². The van der Waals surface area contributed by atoms with Crippen molar-refractivity contribution < 1.29 is 9.59 Å². The summed E-state index contributed by atoms with van der Waals surface area (Å²) >= 11 is 0. The number of hydrogen-bond donors (Lipinski definition) is 0. The SMILES string of the molecule is CCC(c1ccccc1)(c1ccccc1)N1C(=O)C=C(C)C1=O. The van der Waals surface area contributed by atoms with E-state index in [0.29, 0.717) is 12.0 Å². The maximum atomic E-state index is 12.7. The number of imide groups is 1. The molecule has 0 spiro atoms.